The van der Waals surface area contributed by atoms with Gasteiger partial charge in [-0.2, -0.15) is 0 Å². The zero-order chi connectivity index (χ0) is 12.6. The van der Waals surface area contributed by atoms with Crippen molar-refractivity contribution in [2.24, 2.45) is 0 Å². The van der Waals surface area contributed by atoms with Gasteiger partial charge in [0.1, 0.15) is 5.82 Å². The topological polar surface area (TPSA) is 37.0 Å². The normalized spacial score (nSPS) is 28.6. The van der Waals surface area contributed by atoms with Gasteiger partial charge in [-0.05, 0) is 39.3 Å². The first-order valence-electron chi connectivity index (χ1n) is 6.04. The number of rotatable bonds is 3. The zero-order valence-corrected chi connectivity index (χ0v) is 11.3. The van der Waals surface area contributed by atoms with Gasteiger partial charge < -0.3 is 19.7 Å². The molecule has 0 aromatic rings. The summed E-state index contributed by atoms with van der Waals surface area (Å²) >= 11 is 0. The minimum Gasteiger partial charge on any atom is -0.358 e. The van der Waals surface area contributed by atoms with Gasteiger partial charge in [-0.3, -0.25) is 0 Å². The second-order valence-corrected chi connectivity index (χ2v) is 5.66. The molecule has 0 aliphatic carbocycles. The summed E-state index contributed by atoms with van der Waals surface area (Å²) in [7, 11) is 2.06. The molecular weight excluding hydrogens is 216 g/mol. The molecule has 2 heterocycles. The lowest BCUT2D eigenvalue weighted by atomic mass is 10.2. The third-order valence-electron chi connectivity index (χ3n) is 2.67. The molecule has 1 N–H and O–H groups in total. The largest absolute Gasteiger partial charge is 0.358 e. The van der Waals surface area contributed by atoms with Gasteiger partial charge in [0.2, 0.25) is 6.29 Å². The Morgan fingerprint density at radius 2 is 2.18 bits per heavy atom. The average molecular weight is 238 g/mol. The molecule has 1 saturated heterocycles. The van der Waals surface area contributed by atoms with Crippen LogP contribution in [-0.2, 0) is 9.47 Å². The van der Waals surface area contributed by atoms with E-state index in [-0.39, 0.29) is 18.1 Å². The van der Waals surface area contributed by atoms with Crippen LogP contribution in [0.4, 0.5) is 0 Å². The van der Waals surface area contributed by atoms with Gasteiger partial charge in [0.05, 0.1) is 5.60 Å². The van der Waals surface area contributed by atoms with Crippen LogP contribution < -0.4 is 5.32 Å². The first-order valence-corrected chi connectivity index (χ1v) is 6.04. The maximum atomic E-state index is 5.72. The van der Waals surface area contributed by atoms with Crippen molar-refractivity contribution in [1.82, 2.24) is 10.2 Å². The van der Waals surface area contributed by atoms with Crippen molar-refractivity contribution < 1.29 is 9.47 Å². The molecule has 4 heteroatoms. The third kappa shape index (κ3) is 3.48. The average Bonchev–Trinajstić information content (AvgIpc) is 2.87. The molecule has 0 saturated carbocycles. The van der Waals surface area contributed by atoms with E-state index in [4.69, 9.17) is 9.47 Å². The van der Waals surface area contributed by atoms with Crippen LogP contribution in [0.1, 0.15) is 27.7 Å². The minimum absolute atomic E-state index is 0.0196. The second kappa shape index (κ2) is 4.35. The van der Waals surface area contributed by atoms with Crippen molar-refractivity contribution in [3.05, 3.63) is 23.5 Å². The summed E-state index contributed by atoms with van der Waals surface area (Å²) in [6.45, 7) is 9.13. The molecule has 2 unspecified atom stereocenters. The molecule has 0 radical (unpaired) electrons. The summed E-state index contributed by atoms with van der Waals surface area (Å²) in [5, 5.41) is 3.34. The zero-order valence-electron chi connectivity index (χ0n) is 11.3. The van der Waals surface area contributed by atoms with Gasteiger partial charge in [-0.25, -0.2) is 0 Å². The lowest BCUT2D eigenvalue weighted by Gasteiger charge is -2.25. The Bertz CT molecular complexity index is 355. The Balaban J connectivity index is 1.86. The van der Waals surface area contributed by atoms with Crippen LogP contribution in [0, 0.1) is 0 Å². The third-order valence-corrected chi connectivity index (χ3v) is 2.67. The van der Waals surface area contributed by atoms with E-state index >= 15 is 0 Å². The lowest BCUT2D eigenvalue weighted by Crippen LogP contribution is -2.34. The number of hydrogen-bond acceptors (Lipinski definition) is 4. The smallest absolute Gasteiger partial charge is 0.205 e. The first kappa shape index (κ1) is 12.5. The van der Waals surface area contributed by atoms with Crippen molar-refractivity contribution in [3.8, 4) is 0 Å². The summed E-state index contributed by atoms with van der Waals surface area (Å²) in [5.41, 5.74) is 1.11. The molecule has 2 aliphatic heterocycles. The predicted octanol–water partition coefficient (Wildman–Crippen LogP) is 1.81. The fourth-order valence-electron chi connectivity index (χ4n) is 1.70. The predicted molar refractivity (Wildman–Crippen MR) is 67.1 cm³/mol. The highest BCUT2D eigenvalue weighted by atomic mass is 16.8. The molecule has 17 heavy (non-hydrogen) atoms. The molecule has 2 aliphatic rings. The monoisotopic (exact) mass is 238 g/mol. The quantitative estimate of drug-likeness (QED) is 0.761. The van der Waals surface area contributed by atoms with Crippen molar-refractivity contribution in [2.75, 3.05) is 13.6 Å². The van der Waals surface area contributed by atoms with Crippen molar-refractivity contribution in [3.63, 3.8) is 0 Å². The van der Waals surface area contributed by atoms with Crippen LogP contribution in [0.2, 0.25) is 0 Å². The number of hydrogen-bond donors (Lipinski definition) is 1. The molecule has 0 amide bonds. The minimum atomic E-state index is -0.163. The van der Waals surface area contributed by atoms with E-state index in [1.165, 1.54) is 5.57 Å². The molecule has 0 spiro atoms. The highest BCUT2D eigenvalue weighted by Crippen LogP contribution is 2.27. The van der Waals surface area contributed by atoms with E-state index in [1.54, 1.807) is 0 Å². The van der Waals surface area contributed by atoms with Gasteiger partial charge in [-0.15, -0.1) is 0 Å². The summed E-state index contributed by atoms with van der Waals surface area (Å²) in [6, 6.07) is 0. The van der Waals surface area contributed by atoms with Crippen molar-refractivity contribution in [1.29, 1.82) is 0 Å². The van der Waals surface area contributed by atoms with Crippen molar-refractivity contribution >= 4 is 0 Å². The van der Waals surface area contributed by atoms with E-state index in [1.807, 2.05) is 20.8 Å². The van der Waals surface area contributed by atoms with Gasteiger partial charge in [0, 0.05) is 13.6 Å². The standard InChI is InChI=1S/C13H22N2O2/c1-9-6-7-15(5)10(8-9)14-11-12(16-11)17-13(2,3)4/h6,8,11-12,14H,7H2,1-5H3. The van der Waals surface area contributed by atoms with E-state index in [9.17, 15) is 0 Å². The molecule has 0 bridgehead atoms. The fraction of sp³-hybridized carbons (Fsp3) is 0.692. The molecule has 4 nitrogen and oxygen atoms in total. The van der Waals surface area contributed by atoms with Crippen LogP contribution in [0.5, 0.6) is 0 Å². The van der Waals surface area contributed by atoms with E-state index in [2.05, 4.69) is 36.3 Å². The second-order valence-electron chi connectivity index (χ2n) is 5.66. The van der Waals surface area contributed by atoms with Gasteiger partial charge in [0.25, 0.3) is 0 Å². The Labute approximate surface area is 103 Å². The number of epoxide rings is 1. The lowest BCUT2D eigenvalue weighted by molar-refractivity contribution is -0.0571. The van der Waals surface area contributed by atoms with Crippen molar-refractivity contribution in [2.45, 2.75) is 45.8 Å². The SMILES string of the molecule is CC1=CCN(C)C(NC2OC2OC(C)(C)C)=C1. The summed E-state index contributed by atoms with van der Waals surface area (Å²) < 4.78 is 11.2. The van der Waals surface area contributed by atoms with Gasteiger partial charge in [-0.1, -0.05) is 6.08 Å². The van der Waals surface area contributed by atoms with Gasteiger partial charge >= 0.3 is 0 Å². The molecular formula is C13H22N2O2. The number of likely N-dealkylation sites (N-methyl/N-ethyl adjacent to an activating group) is 1. The van der Waals surface area contributed by atoms with E-state index in [0.29, 0.717) is 0 Å². The summed E-state index contributed by atoms with van der Waals surface area (Å²) in [4.78, 5) is 2.16. The van der Waals surface area contributed by atoms with Crippen LogP contribution in [0.25, 0.3) is 0 Å². The highest BCUT2D eigenvalue weighted by molar-refractivity contribution is 5.25. The Morgan fingerprint density at radius 1 is 1.47 bits per heavy atom. The summed E-state index contributed by atoms with van der Waals surface area (Å²) in [6.07, 6.45) is 4.17. The molecule has 96 valence electrons. The van der Waals surface area contributed by atoms with Crippen LogP contribution in [0.15, 0.2) is 23.5 Å². The fourth-order valence-corrected chi connectivity index (χ4v) is 1.70. The summed E-state index contributed by atoms with van der Waals surface area (Å²) in [5.74, 6) is 1.09. The van der Waals surface area contributed by atoms with E-state index < -0.39 is 0 Å². The number of ether oxygens (including phenoxy) is 2. The molecule has 0 aromatic carbocycles. The number of nitrogens with zero attached hydrogens (tertiary/aromatic N) is 1. The molecule has 2 atom stereocenters. The maximum Gasteiger partial charge on any atom is 0.205 e. The maximum absolute atomic E-state index is 5.72. The van der Waals surface area contributed by atoms with Crippen LogP contribution in [0.3, 0.4) is 0 Å². The molecule has 1 fully saturated rings. The van der Waals surface area contributed by atoms with Crippen LogP contribution >= 0.6 is 0 Å². The number of nitrogens with one attached hydrogen (secondary N) is 1. The Morgan fingerprint density at radius 3 is 2.82 bits per heavy atom. The molecule has 2 rings (SSSR count). The van der Waals surface area contributed by atoms with E-state index in [0.717, 1.165) is 12.4 Å². The first-order chi connectivity index (χ1) is 7.85. The van der Waals surface area contributed by atoms with Crippen LogP contribution in [-0.4, -0.2) is 36.6 Å². The Kier molecular flexibility index (Phi) is 3.19. The highest BCUT2D eigenvalue weighted by Gasteiger charge is 2.43. The number of allylic oxidation sites excluding steroid dienone is 2. The molecule has 0 aromatic heterocycles. The Hall–Kier alpha value is -1.00. The van der Waals surface area contributed by atoms with Gasteiger partial charge in [0.15, 0.2) is 6.23 Å².